The number of nitrogen functional groups attached to an aromatic ring is 1. The second-order valence-corrected chi connectivity index (χ2v) is 4.81. The van der Waals surface area contributed by atoms with Crippen LogP contribution < -0.4 is 16.8 Å². The zero-order valence-electron chi connectivity index (χ0n) is 10.2. The van der Waals surface area contributed by atoms with Crippen molar-refractivity contribution in [1.82, 2.24) is 0 Å². The van der Waals surface area contributed by atoms with Crippen LogP contribution in [0.2, 0.25) is 0 Å². The molecule has 1 amide bonds. The molecular weight excluding hydrogens is 230 g/mol. The van der Waals surface area contributed by atoms with Gasteiger partial charge in [0.25, 0.3) is 0 Å². The summed E-state index contributed by atoms with van der Waals surface area (Å²) in [5, 5.41) is 12.9. The third kappa shape index (κ3) is 2.73. The Balaban J connectivity index is 1.99. The molecule has 0 heterocycles. The van der Waals surface area contributed by atoms with E-state index < -0.39 is 5.91 Å². The molecule has 1 saturated carbocycles. The second kappa shape index (κ2) is 5.27. The van der Waals surface area contributed by atoms with Gasteiger partial charge in [-0.2, -0.15) is 0 Å². The largest absolute Gasteiger partial charge is 0.397 e. The smallest absolute Gasteiger partial charge is 0.248 e. The van der Waals surface area contributed by atoms with Crippen LogP contribution in [0, 0.1) is 5.92 Å². The van der Waals surface area contributed by atoms with Gasteiger partial charge in [0.05, 0.1) is 17.5 Å². The number of benzene rings is 1. The molecule has 0 aliphatic heterocycles. The van der Waals surface area contributed by atoms with Crippen LogP contribution in [0.5, 0.6) is 0 Å². The Morgan fingerprint density at radius 1 is 1.44 bits per heavy atom. The summed E-state index contributed by atoms with van der Waals surface area (Å²) in [5.74, 6) is -0.209. The Morgan fingerprint density at radius 3 is 2.78 bits per heavy atom. The van der Waals surface area contributed by atoms with E-state index in [1.807, 2.05) is 0 Å². The minimum atomic E-state index is -0.487. The molecule has 0 radical (unpaired) electrons. The topological polar surface area (TPSA) is 101 Å². The molecule has 5 heteroatoms. The molecule has 1 fully saturated rings. The third-order valence-electron chi connectivity index (χ3n) is 3.51. The van der Waals surface area contributed by atoms with E-state index in [-0.39, 0.29) is 12.0 Å². The van der Waals surface area contributed by atoms with E-state index >= 15 is 0 Å². The van der Waals surface area contributed by atoms with Crippen molar-refractivity contribution in [2.45, 2.75) is 25.4 Å². The number of anilines is 2. The van der Waals surface area contributed by atoms with Gasteiger partial charge in [0.15, 0.2) is 0 Å². The quantitative estimate of drug-likeness (QED) is 0.596. The number of amides is 1. The number of nitrogens with two attached hydrogens (primary N) is 2. The highest BCUT2D eigenvalue weighted by molar-refractivity contribution is 5.94. The zero-order valence-corrected chi connectivity index (χ0v) is 10.2. The molecule has 0 spiro atoms. The minimum absolute atomic E-state index is 0.219. The van der Waals surface area contributed by atoms with Gasteiger partial charge in [-0.05, 0) is 31.0 Å². The third-order valence-corrected chi connectivity index (χ3v) is 3.51. The van der Waals surface area contributed by atoms with Crippen LogP contribution in [0.25, 0.3) is 0 Å². The molecule has 2 rings (SSSR count). The van der Waals surface area contributed by atoms with E-state index in [9.17, 15) is 9.90 Å². The average Bonchev–Trinajstić information content (AvgIpc) is 2.73. The summed E-state index contributed by atoms with van der Waals surface area (Å²) in [7, 11) is 0. The Labute approximate surface area is 106 Å². The summed E-state index contributed by atoms with van der Waals surface area (Å²) >= 11 is 0. The first-order valence-electron chi connectivity index (χ1n) is 6.19. The monoisotopic (exact) mass is 249 g/mol. The van der Waals surface area contributed by atoms with Gasteiger partial charge in [-0.3, -0.25) is 4.79 Å². The molecule has 2 atom stereocenters. The number of carbonyl (C=O) groups is 1. The lowest BCUT2D eigenvalue weighted by molar-refractivity contribution is 0.100. The number of hydrogen-bond donors (Lipinski definition) is 4. The number of rotatable bonds is 4. The highest BCUT2D eigenvalue weighted by Gasteiger charge is 2.24. The van der Waals surface area contributed by atoms with Gasteiger partial charge in [-0.1, -0.05) is 6.42 Å². The van der Waals surface area contributed by atoms with Crippen LogP contribution in [-0.2, 0) is 0 Å². The molecular formula is C13H19N3O2. The van der Waals surface area contributed by atoms with Crippen molar-refractivity contribution < 1.29 is 9.90 Å². The van der Waals surface area contributed by atoms with Crippen LogP contribution in [0.4, 0.5) is 11.4 Å². The fourth-order valence-corrected chi connectivity index (χ4v) is 2.37. The van der Waals surface area contributed by atoms with Crippen LogP contribution in [0.15, 0.2) is 18.2 Å². The van der Waals surface area contributed by atoms with Crippen LogP contribution in [0.3, 0.4) is 0 Å². The molecule has 1 aliphatic rings. The maximum atomic E-state index is 11.0. The Kier molecular flexibility index (Phi) is 3.72. The molecule has 98 valence electrons. The Bertz CT molecular complexity index is 448. The van der Waals surface area contributed by atoms with Gasteiger partial charge in [-0.15, -0.1) is 0 Å². The summed E-state index contributed by atoms with van der Waals surface area (Å²) in [6, 6.07) is 4.96. The SMILES string of the molecule is NC(=O)c1ccc(NCC2CCCC2O)c(N)c1. The summed E-state index contributed by atoms with van der Waals surface area (Å²) < 4.78 is 0. The van der Waals surface area contributed by atoms with Crippen LogP contribution in [-0.4, -0.2) is 23.7 Å². The Hall–Kier alpha value is -1.75. The van der Waals surface area contributed by atoms with Crippen LogP contribution >= 0.6 is 0 Å². The van der Waals surface area contributed by atoms with E-state index in [0.29, 0.717) is 17.8 Å². The van der Waals surface area contributed by atoms with E-state index in [0.717, 1.165) is 24.9 Å². The standard InChI is InChI=1S/C13H19N3O2/c14-10-6-8(13(15)18)4-5-11(10)16-7-9-2-1-3-12(9)17/h4-6,9,12,16-17H,1-3,7,14H2,(H2,15,18). The van der Waals surface area contributed by atoms with Crippen molar-refractivity contribution in [3.05, 3.63) is 23.8 Å². The lowest BCUT2D eigenvalue weighted by Crippen LogP contribution is -2.22. The van der Waals surface area contributed by atoms with Gasteiger partial charge in [0.1, 0.15) is 0 Å². The van der Waals surface area contributed by atoms with Crippen molar-refractivity contribution in [2.75, 3.05) is 17.6 Å². The number of nitrogens with one attached hydrogen (secondary N) is 1. The summed E-state index contributed by atoms with van der Waals surface area (Å²) in [4.78, 5) is 11.0. The second-order valence-electron chi connectivity index (χ2n) is 4.81. The normalized spacial score (nSPS) is 22.9. The van der Waals surface area contributed by atoms with E-state index in [2.05, 4.69) is 5.32 Å². The number of carbonyl (C=O) groups excluding carboxylic acids is 1. The lowest BCUT2D eigenvalue weighted by atomic mass is 10.1. The zero-order chi connectivity index (χ0) is 13.1. The average molecular weight is 249 g/mol. The summed E-state index contributed by atoms with van der Waals surface area (Å²) in [6.45, 7) is 0.696. The number of aliphatic hydroxyl groups excluding tert-OH is 1. The Morgan fingerprint density at radius 2 is 2.22 bits per heavy atom. The molecule has 0 aromatic heterocycles. The molecule has 18 heavy (non-hydrogen) atoms. The van der Waals surface area contributed by atoms with E-state index in [1.54, 1.807) is 18.2 Å². The van der Waals surface area contributed by atoms with Gasteiger partial charge >= 0.3 is 0 Å². The fourth-order valence-electron chi connectivity index (χ4n) is 2.37. The predicted molar refractivity (Wildman–Crippen MR) is 71.2 cm³/mol. The van der Waals surface area contributed by atoms with Crippen molar-refractivity contribution in [1.29, 1.82) is 0 Å². The highest BCUT2D eigenvalue weighted by Crippen LogP contribution is 2.27. The van der Waals surface area contributed by atoms with E-state index in [1.165, 1.54) is 0 Å². The highest BCUT2D eigenvalue weighted by atomic mass is 16.3. The van der Waals surface area contributed by atoms with Gasteiger partial charge < -0.3 is 21.9 Å². The lowest BCUT2D eigenvalue weighted by Gasteiger charge is -2.17. The molecule has 2 unspecified atom stereocenters. The van der Waals surface area contributed by atoms with Gasteiger partial charge in [0, 0.05) is 18.0 Å². The van der Waals surface area contributed by atoms with Crippen molar-refractivity contribution in [3.63, 3.8) is 0 Å². The molecule has 0 saturated heterocycles. The van der Waals surface area contributed by atoms with Gasteiger partial charge in [0.2, 0.25) is 5.91 Å². The number of aliphatic hydroxyl groups is 1. The van der Waals surface area contributed by atoms with Crippen molar-refractivity contribution in [3.8, 4) is 0 Å². The minimum Gasteiger partial charge on any atom is -0.397 e. The molecule has 5 nitrogen and oxygen atoms in total. The molecule has 1 aromatic carbocycles. The van der Waals surface area contributed by atoms with Crippen LogP contribution in [0.1, 0.15) is 29.6 Å². The summed E-state index contributed by atoms with van der Waals surface area (Å²) in [6.07, 6.45) is 2.77. The fraction of sp³-hybridized carbons (Fsp3) is 0.462. The maximum Gasteiger partial charge on any atom is 0.248 e. The molecule has 1 aromatic rings. The molecule has 1 aliphatic carbocycles. The number of hydrogen-bond acceptors (Lipinski definition) is 4. The molecule has 6 N–H and O–H groups in total. The molecule has 0 bridgehead atoms. The first-order valence-corrected chi connectivity index (χ1v) is 6.19. The first-order chi connectivity index (χ1) is 8.58. The summed E-state index contributed by atoms with van der Waals surface area (Å²) in [5.41, 5.74) is 12.7. The van der Waals surface area contributed by atoms with Crippen molar-refractivity contribution in [2.24, 2.45) is 11.7 Å². The first kappa shape index (κ1) is 12.7. The predicted octanol–water partition coefficient (Wildman–Crippen LogP) is 0.941. The van der Waals surface area contributed by atoms with Gasteiger partial charge in [-0.25, -0.2) is 0 Å². The number of primary amides is 1. The van der Waals surface area contributed by atoms with Crippen molar-refractivity contribution >= 4 is 17.3 Å². The maximum absolute atomic E-state index is 11.0. The van der Waals surface area contributed by atoms with E-state index in [4.69, 9.17) is 11.5 Å².